The van der Waals surface area contributed by atoms with Crippen molar-refractivity contribution in [3.05, 3.63) is 18.2 Å². The fourth-order valence-electron chi connectivity index (χ4n) is 3.10. The summed E-state index contributed by atoms with van der Waals surface area (Å²) in [5.74, 6) is 2.09. The van der Waals surface area contributed by atoms with Crippen LogP contribution in [0.5, 0.6) is 11.5 Å². The van der Waals surface area contributed by atoms with Crippen LogP contribution in [0.3, 0.4) is 0 Å². The molecule has 6 nitrogen and oxygen atoms in total. The Labute approximate surface area is 167 Å². The van der Waals surface area contributed by atoms with Crippen molar-refractivity contribution in [2.75, 3.05) is 33.7 Å². The predicted molar refractivity (Wildman–Crippen MR) is 113 cm³/mol. The standard InChI is InChI=1S/C18H29N3O3.HI/c1-17(2)15(11-18(17,3)24-7)21-16(19-4)20-12-8-9-13(22-5)14(10-12)23-6;/h8-10,15H,11H2,1-7H3,(H2,19,20,21);1H. The number of guanidine groups is 1. The van der Waals surface area contributed by atoms with Gasteiger partial charge < -0.3 is 24.8 Å². The monoisotopic (exact) mass is 463 g/mol. The van der Waals surface area contributed by atoms with Crippen LogP contribution in [0.25, 0.3) is 0 Å². The Bertz CT molecular complexity index is 622. The van der Waals surface area contributed by atoms with Gasteiger partial charge in [-0.1, -0.05) is 13.8 Å². The lowest BCUT2D eigenvalue weighted by Gasteiger charge is -2.59. The molecule has 2 atom stereocenters. The summed E-state index contributed by atoms with van der Waals surface area (Å²) in [4.78, 5) is 4.32. The predicted octanol–water partition coefficient (Wildman–Crippen LogP) is 3.51. The molecular formula is C18H30IN3O3. The Morgan fingerprint density at radius 1 is 1.12 bits per heavy atom. The minimum Gasteiger partial charge on any atom is -0.493 e. The van der Waals surface area contributed by atoms with Gasteiger partial charge >= 0.3 is 0 Å². The molecule has 0 bridgehead atoms. The van der Waals surface area contributed by atoms with E-state index in [2.05, 4.69) is 36.4 Å². The first kappa shape index (κ1) is 21.8. The summed E-state index contributed by atoms with van der Waals surface area (Å²) in [6.45, 7) is 6.57. The molecule has 2 N–H and O–H groups in total. The second-order valence-corrected chi connectivity index (χ2v) is 6.82. The van der Waals surface area contributed by atoms with E-state index in [-0.39, 0.29) is 41.0 Å². The van der Waals surface area contributed by atoms with Crippen molar-refractivity contribution in [3.63, 3.8) is 0 Å². The summed E-state index contributed by atoms with van der Waals surface area (Å²) in [5.41, 5.74) is 0.775. The van der Waals surface area contributed by atoms with Crippen LogP contribution in [0.15, 0.2) is 23.2 Å². The number of benzene rings is 1. The molecule has 1 fully saturated rings. The van der Waals surface area contributed by atoms with Crippen molar-refractivity contribution in [3.8, 4) is 11.5 Å². The maximum Gasteiger partial charge on any atom is 0.195 e. The maximum absolute atomic E-state index is 5.68. The van der Waals surface area contributed by atoms with Gasteiger partial charge in [-0.05, 0) is 25.5 Å². The third-order valence-electron chi connectivity index (χ3n) is 5.46. The topological polar surface area (TPSA) is 64.1 Å². The van der Waals surface area contributed by atoms with E-state index in [1.807, 2.05) is 18.2 Å². The van der Waals surface area contributed by atoms with E-state index in [0.717, 1.165) is 18.1 Å². The number of hydrogen-bond acceptors (Lipinski definition) is 4. The molecule has 1 aliphatic rings. The highest BCUT2D eigenvalue weighted by Crippen LogP contribution is 2.51. The smallest absolute Gasteiger partial charge is 0.195 e. The average Bonchev–Trinajstić information content (AvgIpc) is 2.59. The molecule has 25 heavy (non-hydrogen) atoms. The van der Waals surface area contributed by atoms with Gasteiger partial charge in [-0.3, -0.25) is 4.99 Å². The maximum atomic E-state index is 5.68. The lowest BCUT2D eigenvalue weighted by Crippen LogP contribution is -2.69. The van der Waals surface area contributed by atoms with Crippen LogP contribution in [0.4, 0.5) is 5.69 Å². The lowest BCUT2D eigenvalue weighted by atomic mass is 9.56. The molecule has 0 radical (unpaired) electrons. The van der Waals surface area contributed by atoms with Crippen molar-refractivity contribution in [2.24, 2.45) is 10.4 Å². The van der Waals surface area contributed by atoms with Crippen LogP contribution < -0.4 is 20.1 Å². The Hall–Kier alpha value is -1.22. The van der Waals surface area contributed by atoms with E-state index in [1.54, 1.807) is 28.4 Å². The molecular weight excluding hydrogens is 433 g/mol. The van der Waals surface area contributed by atoms with Gasteiger partial charge in [0.15, 0.2) is 17.5 Å². The molecule has 2 rings (SSSR count). The summed E-state index contributed by atoms with van der Waals surface area (Å²) < 4.78 is 16.3. The summed E-state index contributed by atoms with van der Waals surface area (Å²) >= 11 is 0. The van der Waals surface area contributed by atoms with Crippen LogP contribution in [0.2, 0.25) is 0 Å². The normalized spacial score (nSPS) is 24.6. The molecule has 0 heterocycles. The van der Waals surface area contributed by atoms with Crippen LogP contribution in [0, 0.1) is 5.41 Å². The van der Waals surface area contributed by atoms with Crippen molar-refractivity contribution < 1.29 is 14.2 Å². The van der Waals surface area contributed by atoms with Crippen molar-refractivity contribution in [2.45, 2.75) is 38.8 Å². The third kappa shape index (κ3) is 4.13. The molecule has 7 heteroatoms. The van der Waals surface area contributed by atoms with E-state index in [1.165, 1.54) is 0 Å². The van der Waals surface area contributed by atoms with E-state index < -0.39 is 0 Å². The fourth-order valence-corrected chi connectivity index (χ4v) is 3.10. The molecule has 0 amide bonds. The van der Waals surface area contributed by atoms with E-state index in [0.29, 0.717) is 11.5 Å². The first-order chi connectivity index (χ1) is 11.3. The van der Waals surface area contributed by atoms with Crippen molar-refractivity contribution in [1.82, 2.24) is 5.32 Å². The Morgan fingerprint density at radius 2 is 1.76 bits per heavy atom. The van der Waals surface area contributed by atoms with E-state index >= 15 is 0 Å². The first-order valence-electron chi connectivity index (χ1n) is 8.09. The SMILES string of the molecule is CN=C(Nc1ccc(OC)c(OC)c1)NC1CC(C)(OC)C1(C)C.I. The van der Waals surface area contributed by atoms with Crippen molar-refractivity contribution >= 4 is 35.6 Å². The zero-order valence-electron chi connectivity index (χ0n) is 16.1. The largest absolute Gasteiger partial charge is 0.493 e. The third-order valence-corrected chi connectivity index (χ3v) is 5.46. The highest BCUT2D eigenvalue weighted by molar-refractivity contribution is 14.0. The lowest BCUT2D eigenvalue weighted by molar-refractivity contribution is -0.176. The molecule has 1 aromatic rings. The zero-order chi connectivity index (χ0) is 18.0. The number of halogens is 1. The van der Waals surface area contributed by atoms with Crippen LogP contribution >= 0.6 is 24.0 Å². The highest BCUT2D eigenvalue weighted by Gasteiger charge is 2.58. The van der Waals surface area contributed by atoms with Gasteiger partial charge in [-0.25, -0.2) is 0 Å². The number of nitrogens with zero attached hydrogens (tertiary/aromatic N) is 1. The molecule has 0 spiro atoms. The zero-order valence-corrected chi connectivity index (χ0v) is 18.4. The van der Waals surface area contributed by atoms with Crippen LogP contribution in [0.1, 0.15) is 27.2 Å². The number of hydrogen-bond donors (Lipinski definition) is 2. The Balaban J connectivity index is 0.00000312. The number of anilines is 1. The van der Waals surface area contributed by atoms with Gasteiger partial charge in [0.05, 0.1) is 19.8 Å². The van der Waals surface area contributed by atoms with Crippen LogP contribution in [-0.2, 0) is 4.74 Å². The molecule has 1 aromatic carbocycles. The second kappa shape index (κ2) is 8.44. The number of nitrogens with one attached hydrogen (secondary N) is 2. The first-order valence-corrected chi connectivity index (χ1v) is 8.09. The number of methoxy groups -OCH3 is 3. The molecule has 0 aliphatic heterocycles. The van der Waals surface area contributed by atoms with Gasteiger partial charge in [0.2, 0.25) is 0 Å². The van der Waals surface area contributed by atoms with Crippen LogP contribution in [-0.4, -0.2) is 46.0 Å². The fraction of sp³-hybridized carbons (Fsp3) is 0.611. The summed E-state index contributed by atoms with van der Waals surface area (Å²) in [6.07, 6.45) is 0.934. The van der Waals surface area contributed by atoms with Gasteiger partial charge in [-0.2, -0.15) is 0 Å². The van der Waals surface area contributed by atoms with Gasteiger partial charge in [-0.15, -0.1) is 24.0 Å². The highest BCUT2D eigenvalue weighted by atomic mass is 127. The van der Waals surface area contributed by atoms with Crippen molar-refractivity contribution in [1.29, 1.82) is 0 Å². The Kier molecular flexibility index (Phi) is 7.37. The summed E-state index contributed by atoms with van der Waals surface area (Å²) in [7, 11) is 6.78. The van der Waals surface area contributed by atoms with Gasteiger partial charge in [0.1, 0.15) is 0 Å². The van der Waals surface area contributed by atoms with Gasteiger partial charge in [0.25, 0.3) is 0 Å². The number of ether oxygens (including phenoxy) is 3. The second-order valence-electron chi connectivity index (χ2n) is 6.82. The number of aliphatic imine (C=N–C) groups is 1. The summed E-state index contributed by atoms with van der Waals surface area (Å²) in [6, 6.07) is 5.97. The molecule has 1 aliphatic carbocycles. The van der Waals surface area contributed by atoms with E-state index in [4.69, 9.17) is 14.2 Å². The minimum absolute atomic E-state index is 0. The average molecular weight is 463 g/mol. The molecule has 142 valence electrons. The Morgan fingerprint density at radius 3 is 2.24 bits per heavy atom. The molecule has 1 saturated carbocycles. The molecule has 0 aromatic heterocycles. The summed E-state index contributed by atoms with van der Waals surface area (Å²) in [5, 5.41) is 6.78. The quantitative estimate of drug-likeness (QED) is 0.398. The molecule has 2 unspecified atom stereocenters. The van der Waals surface area contributed by atoms with Gasteiger partial charge in [0, 0.05) is 37.4 Å². The van der Waals surface area contributed by atoms with E-state index in [9.17, 15) is 0 Å². The molecule has 0 saturated heterocycles. The minimum atomic E-state index is -0.118. The number of rotatable bonds is 5.